The minimum Gasteiger partial charge on any atom is -0.349 e. The minimum absolute atomic E-state index is 0.0587. The molecule has 0 N–H and O–H groups in total. The molecule has 0 aromatic heterocycles. The van der Waals surface area contributed by atoms with Gasteiger partial charge in [-0.3, -0.25) is 4.79 Å². The van der Waals surface area contributed by atoms with Crippen molar-refractivity contribution in [1.29, 1.82) is 0 Å². The molecular formula is C24H32O3. The second-order valence-electron chi connectivity index (χ2n) is 11.2. The fraction of sp³-hybridized carbons (Fsp3) is 0.792. The highest BCUT2D eigenvalue weighted by Crippen LogP contribution is 2.69. The lowest BCUT2D eigenvalue weighted by Crippen LogP contribution is -2.49. The van der Waals surface area contributed by atoms with Crippen LogP contribution in [-0.4, -0.2) is 24.8 Å². The smallest absolute Gasteiger partial charge is 0.172 e. The predicted molar refractivity (Wildman–Crippen MR) is 103 cm³/mol. The lowest BCUT2D eigenvalue weighted by molar-refractivity contribution is -0.302. The Morgan fingerprint density at radius 2 is 1.85 bits per heavy atom. The van der Waals surface area contributed by atoms with Gasteiger partial charge in [0.1, 0.15) is 5.78 Å². The Labute approximate surface area is 162 Å². The molecule has 3 heteroatoms. The van der Waals surface area contributed by atoms with Crippen LogP contribution in [0.1, 0.15) is 65.7 Å². The lowest BCUT2D eigenvalue weighted by Gasteiger charge is -2.50. The zero-order chi connectivity index (χ0) is 18.6. The summed E-state index contributed by atoms with van der Waals surface area (Å²) in [5.74, 6) is 2.57. The van der Waals surface area contributed by atoms with Crippen molar-refractivity contribution in [1.82, 2.24) is 0 Å². The Hall–Kier alpha value is -0.930. The highest BCUT2D eigenvalue weighted by Gasteiger charge is 2.68. The van der Waals surface area contributed by atoms with E-state index in [9.17, 15) is 4.79 Å². The largest absolute Gasteiger partial charge is 0.349 e. The maximum Gasteiger partial charge on any atom is 0.172 e. The normalized spacial score (nSPS) is 46.3. The fourth-order valence-electron chi connectivity index (χ4n) is 7.21. The van der Waals surface area contributed by atoms with Crippen LogP contribution in [0, 0.1) is 34.5 Å². The van der Waals surface area contributed by atoms with Gasteiger partial charge >= 0.3 is 0 Å². The molecule has 5 atom stereocenters. The maximum atomic E-state index is 12.8. The third-order valence-electron chi connectivity index (χ3n) is 8.74. The Bertz CT molecular complexity index is 777. The van der Waals surface area contributed by atoms with Gasteiger partial charge in [0.25, 0.3) is 0 Å². The Kier molecular flexibility index (Phi) is 3.24. The summed E-state index contributed by atoms with van der Waals surface area (Å²) in [4.78, 5) is 12.8. The van der Waals surface area contributed by atoms with Gasteiger partial charge in [0.2, 0.25) is 0 Å². The van der Waals surface area contributed by atoms with Gasteiger partial charge in [0.05, 0.1) is 13.2 Å². The summed E-state index contributed by atoms with van der Waals surface area (Å²) < 4.78 is 12.6. The zero-order valence-corrected chi connectivity index (χ0v) is 17.0. The SMILES string of the molecule is CC1(C)COC2(CCC3=C(CC[C@@H]4C3=CC[C@]3(C)C(=O)[C@H]5C[C@H]5[C@@H]43)C2)OC1. The van der Waals surface area contributed by atoms with Crippen molar-refractivity contribution in [3.63, 3.8) is 0 Å². The molecule has 0 amide bonds. The monoisotopic (exact) mass is 368 g/mol. The number of ketones is 1. The lowest BCUT2D eigenvalue weighted by atomic mass is 9.57. The van der Waals surface area contributed by atoms with E-state index in [0.29, 0.717) is 29.5 Å². The van der Waals surface area contributed by atoms with Crippen LogP contribution < -0.4 is 0 Å². The van der Waals surface area contributed by atoms with Crippen LogP contribution in [0.4, 0.5) is 0 Å². The second-order valence-corrected chi connectivity index (χ2v) is 11.2. The first-order chi connectivity index (χ1) is 12.8. The number of hydrogen-bond acceptors (Lipinski definition) is 3. The van der Waals surface area contributed by atoms with Gasteiger partial charge in [-0.1, -0.05) is 32.4 Å². The molecule has 0 bridgehead atoms. The molecule has 6 aliphatic rings. The van der Waals surface area contributed by atoms with Crippen LogP contribution in [-0.2, 0) is 14.3 Å². The van der Waals surface area contributed by atoms with E-state index < -0.39 is 0 Å². The Balaban J connectivity index is 1.30. The first-order valence-electron chi connectivity index (χ1n) is 11.1. The molecule has 1 spiro atoms. The molecule has 2 saturated carbocycles. The average Bonchev–Trinajstić information content (AvgIpc) is 3.39. The summed E-state index contributed by atoms with van der Waals surface area (Å²) in [5, 5.41) is 0. The number of fused-ring (bicyclic) bond motifs is 6. The number of hydrogen-bond donors (Lipinski definition) is 0. The topological polar surface area (TPSA) is 35.5 Å². The summed E-state index contributed by atoms with van der Waals surface area (Å²) in [6.45, 7) is 8.30. The van der Waals surface area contributed by atoms with E-state index >= 15 is 0 Å². The number of carbonyl (C=O) groups is 1. The Morgan fingerprint density at radius 1 is 1.07 bits per heavy atom. The molecule has 146 valence electrons. The molecule has 0 aromatic carbocycles. The molecule has 5 aliphatic carbocycles. The molecule has 6 rings (SSSR count). The molecule has 1 heterocycles. The third kappa shape index (κ3) is 2.25. The van der Waals surface area contributed by atoms with Crippen molar-refractivity contribution >= 4 is 5.78 Å². The van der Waals surface area contributed by atoms with E-state index in [1.54, 1.807) is 16.7 Å². The maximum absolute atomic E-state index is 12.8. The number of rotatable bonds is 0. The van der Waals surface area contributed by atoms with Crippen molar-refractivity contribution in [2.75, 3.05) is 13.2 Å². The summed E-state index contributed by atoms with van der Waals surface area (Å²) in [6.07, 6.45) is 10.0. The quantitative estimate of drug-likeness (QED) is 0.615. The standard InChI is InChI=1S/C24H32O3/c1-22(2)12-26-24(27-13-22)9-7-15-14(11-24)4-5-17-16(15)6-8-23(3)20(17)18-10-19(18)21(23)25/h6,17-20H,4-5,7-13H2,1-3H3/t17-,18-,19+,20-,23+/m1/s1. The predicted octanol–water partition coefficient (Wildman–Crippen LogP) is 4.82. The van der Waals surface area contributed by atoms with Crippen molar-refractivity contribution in [2.45, 2.75) is 71.5 Å². The molecule has 3 fully saturated rings. The van der Waals surface area contributed by atoms with Crippen LogP contribution in [0.2, 0.25) is 0 Å². The van der Waals surface area contributed by atoms with Crippen LogP contribution in [0.15, 0.2) is 22.8 Å². The highest BCUT2D eigenvalue weighted by atomic mass is 16.7. The van der Waals surface area contributed by atoms with Crippen LogP contribution >= 0.6 is 0 Å². The molecule has 1 aliphatic heterocycles. The van der Waals surface area contributed by atoms with Gasteiger partial charge < -0.3 is 9.47 Å². The summed E-state index contributed by atoms with van der Waals surface area (Å²) in [5.41, 5.74) is 4.89. The number of carbonyl (C=O) groups excluding carboxylic acids is 1. The number of Topliss-reactive ketones (excluding diaryl/α,β-unsaturated/α-hetero) is 1. The molecular weight excluding hydrogens is 336 g/mol. The summed E-state index contributed by atoms with van der Waals surface area (Å²) >= 11 is 0. The molecule has 0 aromatic rings. The van der Waals surface area contributed by atoms with E-state index in [2.05, 4.69) is 26.8 Å². The average molecular weight is 369 g/mol. The van der Waals surface area contributed by atoms with Crippen molar-refractivity contribution < 1.29 is 14.3 Å². The van der Waals surface area contributed by atoms with Crippen molar-refractivity contribution in [3.05, 3.63) is 22.8 Å². The molecule has 0 radical (unpaired) electrons. The summed E-state index contributed by atoms with van der Waals surface area (Å²) in [7, 11) is 0. The van der Waals surface area contributed by atoms with E-state index in [1.165, 1.54) is 19.3 Å². The third-order valence-corrected chi connectivity index (χ3v) is 8.74. The van der Waals surface area contributed by atoms with E-state index in [-0.39, 0.29) is 16.6 Å². The highest BCUT2D eigenvalue weighted by molar-refractivity contribution is 5.93. The number of allylic oxidation sites excluding steroid dienone is 3. The fourth-order valence-corrected chi connectivity index (χ4v) is 7.21. The van der Waals surface area contributed by atoms with Crippen LogP contribution in [0.25, 0.3) is 0 Å². The Morgan fingerprint density at radius 3 is 2.63 bits per heavy atom. The first-order valence-corrected chi connectivity index (χ1v) is 11.1. The van der Waals surface area contributed by atoms with Gasteiger partial charge in [-0.05, 0) is 61.0 Å². The van der Waals surface area contributed by atoms with Crippen molar-refractivity contribution in [2.24, 2.45) is 34.5 Å². The molecule has 0 unspecified atom stereocenters. The molecule has 27 heavy (non-hydrogen) atoms. The van der Waals surface area contributed by atoms with E-state index in [4.69, 9.17) is 9.47 Å². The second kappa shape index (κ2) is 5.16. The van der Waals surface area contributed by atoms with E-state index in [0.717, 1.165) is 38.9 Å². The van der Waals surface area contributed by atoms with Gasteiger partial charge in [-0.2, -0.15) is 0 Å². The van der Waals surface area contributed by atoms with Crippen molar-refractivity contribution in [3.8, 4) is 0 Å². The molecule has 3 nitrogen and oxygen atoms in total. The van der Waals surface area contributed by atoms with Gasteiger partial charge in [0.15, 0.2) is 5.79 Å². The van der Waals surface area contributed by atoms with Gasteiger partial charge in [0, 0.05) is 29.6 Å². The van der Waals surface area contributed by atoms with Gasteiger partial charge in [-0.15, -0.1) is 0 Å². The number of ether oxygens (including phenoxy) is 2. The van der Waals surface area contributed by atoms with Gasteiger partial charge in [-0.25, -0.2) is 0 Å². The van der Waals surface area contributed by atoms with Crippen LogP contribution in [0.5, 0.6) is 0 Å². The van der Waals surface area contributed by atoms with Crippen LogP contribution in [0.3, 0.4) is 0 Å². The van der Waals surface area contributed by atoms with E-state index in [1.807, 2.05) is 0 Å². The first kappa shape index (κ1) is 17.0. The minimum atomic E-state index is -0.365. The zero-order valence-electron chi connectivity index (χ0n) is 17.0. The molecule has 1 saturated heterocycles. The summed E-state index contributed by atoms with van der Waals surface area (Å²) in [6, 6.07) is 0.